The van der Waals surface area contributed by atoms with Crippen molar-refractivity contribution < 1.29 is 19.8 Å². The number of rotatable bonds is 16. The van der Waals surface area contributed by atoms with E-state index in [0.717, 1.165) is 66.3 Å². The molecule has 2 aromatic heterocycles. The van der Waals surface area contributed by atoms with Crippen LogP contribution in [0.4, 0.5) is 0 Å². The van der Waals surface area contributed by atoms with Gasteiger partial charge >= 0.3 is 11.9 Å². The van der Waals surface area contributed by atoms with Gasteiger partial charge in [-0.05, 0) is 56.6 Å². The molecule has 68 heavy (non-hydrogen) atoms. The normalized spacial score (nSPS) is 12.5. The van der Waals surface area contributed by atoms with Crippen LogP contribution < -0.4 is 10.6 Å². The molecule has 0 aliphatic heterocycles. The zero-order valence-corrected chi connectivity index (χ0v) is 37.4. The van der Waals surface area contributed by atoms with Crippen LogP contribution in [0.15, 0.2) is 243 Å². The molecule has 8 heteroatoms. The summed E-state index contributed by atoms with van der Waals surface area (Å²) < 4.78 is 0. The quantitative estimate of drug-likeness (QED) is 0.0536. The number of aliphatic carboxylic acids is 2. The molecule has 0 amide bonds. The summed E-state index contributed by atoms with van der Waals surface area (Å²) in [6.07, 6.45) is 4.51. The first kappa shape index (κ1) is 44.9. The first-order valence-corrected chi connectivity index (χ1v) is 22.8. The molecule has 8 nitrogen and oxygen atoms in total. The summed E-state index contributed by atoms with van der Waals surface area (Å²) in [5, 5.41) is 30.0. The first-order valence-electron chi connectivity index (χ1n) is 22.8. The summed E-state index contributed by atoms with van der Waals surface area (Å²) in [6, 6.07) is 74.7. The zero-order valence-electron chi connectivity index (χ0n) is 37.4. The minimum absolute atomic E-state index is 0.341. The SMILES string of the molecule is O=C(O)C(Cc1c[nH]c2ccccc12)NC(c1ccccc1)(c1ccccc1)c1ccccc1.O=C(O)C(Cc1c[nH]c2ccccc12)NC(c1ccccc1)(c1ccccc1)c1ccccc1. The van der Waals surface area contributed by atoms with Gasteiger partial charge in [-0.2, -0.15) is 0 Å². The number of hydrogen-bond acceptors (Lipinski definition) is 4. The highest BCUT2D eigenvalue weighted by atomic mass is 16.4. The van der Waals surface area contributed by atoms with Crippen molar-refractivity contribution >= 4 is 33.7 Å². The number of benzene rings is 8. The van der Waals surface area contributed by atoms with Crippen LogP contribution in [0, 0.1) is 0 Å². The summed E-state index contributed by atoms with van der Waals surface area (Å²) in [5.41, 5.74) is 8.15. The van der Waals surface area contributed by atoms with Crippen LogP contribution in [0.2, 0.25) is 0 Å². The van der Waals surface area contributed by atoms with Crippen molar-refractivity contribution in [2.24, 2.45) is 0 Å². The fourth-order valence-corrected chi connectivity index (χ4v) is 9.59. The lowest BCUT2D eigenvalue weighted by molar-refractivity contribution is -0.140. The second-order valence-electron chi connectivity index (χ2n) is 16.9. The van der Waals surface area contributed by atoms with Gasteiger partial charge in [0, 0.05) is 47.0 Å². The Bertz CT molecular complexity index is 2780. The molecule has 0 radical (unpaired) electrons. The van der Waals surface area contributed by atoms with E-state index in [0.29, 0.717) is 12.8 Å². The van der Waals surface area contributed by atoms with Gasteiger partial charge in [0.25, 0.3) is 0 Å². The number of carbonyl (C=O) groups is 2. The monoisotopic (exact) mass is 892 g/mol. The van der Waals surface area contributed by atoms with Gasteiger partial charge in [-0.15, -0.1) is 0 Å². The number of fused-ring (bicyclic) bond motifs is 2. The maximum atomic E-state index is 12.7. The smallest absolute Gasteiger partial charge is 0.321 e. The first-order chi connectivity index (χ1) is 33.4. The van der Waals surface area contributed by atoms with Gasteiger partial charge in [-0.25, -0.2) is 0 Å². The zero-order chi connectivity index (χ0) is 46.8. The van der Waals surface area contributed by atoms with Gasteiger partial charge in [0.15, 0.2) is 0 Å². The lowest BCUT2D eigenvalue weighted by atomic mass is 9.76. The largest absolute Gasteiger partial charge is 0.480 e. The molecule has 336 valence electrons. The molecule has 0 saturated heterocycles. The van der Waals surface area contributed by atoms with E-state index in [1.165, 1.54) is 0 Å². The second-order valence-corrected chi connectivity index (χ2v) is 16.9. The average molecular weight is 893 g/mol. The van der Waals surface area contributed by atoms with Crippen molar-refractivity contribution in [3.8, 4) is 0 Å². The van der Waals surface area contributed by atoms with Crippen molar-refractivity contribution in [3.05, 3.63) is 287 Å². The molecule has 0 fully saturated rings. The van der Waals surface area contributed by atoms with Gasteiger partial charge in [0.2, 0.25) is 0 Å². The molecule has 6 N–H and O–H groups in total. The number of carboxylic acids is 2. The molecule has 0 aliphatic carbocycles. The summed E-state index contributed by atoms with van der Waals surface area (Å²) in [5.74, 6) is -1.78. The third kappa shape index (κ3) is 9.24. The number of aromatic amines is 2. The maximum absolute atomic E-state index is 12.7. The van der Waals surface area contributed by atoms with Crippen LogP contribution in [0.25, 0.3) is 21.8 Å². The van der Waals surface area contributed by atoms with E-state index in [1.807, 2.05) is 170 Å². The number of H-pyrrole nitrogens is 2. The molecule has 0 saturated carbocycles. The number of hydrogen-bond donors (Lipinski definition) is 6. The Kier molecular flexibility index (Phi) is 13.5. The van der Waals surface area contributed by atoms with Crippen molar-refractivity contribution in [2.75, 3.05) is 0 Å². The summed E-state index contributed by atoms with van der Waals surface area (Å²) in [6.45, 7) is 0. The van der Waals surface area contributed by atoms with Crippen LogP contribution >= 0.6 is 0 Å². The lowest BCUT2D eigenvalue weighted by Crippen LogP contribution is -2.53. The van der Waals surface area contributed by atoms with Crippen LogP contribution in [-0.2, 0) is 33.5 Å². The van der Waals surface area contributed by atoms with E-state index in [2.05, 4.69) is 93.4 Å². The molecule has 0 spiro atoms. The predicted molar refractivity (Wildman–Crippen MR) is 272 cm³/mol. The molecule has 0 bridgehead atoms. The van der Waals surface area contributed by atoms with Gasteiger partial charge in [-0.3, -0.25) is 20.2 Å². The minimum atomic E-state index is -0.891. The predicted octanol–water partition coefficient (Wildman–Crippen LogP) is 11.5. The Morgan fingerprint density at radius 1 is 0.368 bits per heavy atom. The fourth-order valence-electron chi connectivity index (χ4n) is 9.59. The highest BCUT2D eigenvalue weighted by Crippen LogP contribution is 2.39. The molecular weight excluding hydrogens is 841 g/mol. The van der Waals surface area contributed by atoms with E-state index >= 15 is 0 Å². The molecule has 2 heterocycles. The molecule has 10 aromatic rings. The maximum Gasteiger partial charge on any atom is 0.321 e. The molecular formula is C60H52N4O4. The van der Waals surface area contributed by atoms with E-state index < -0.39 is 35.1 Å². The Labute approximate surface area is 396 Å². The van der Waals surface area contributed by atoms with E-state index in [9.17, 15) is 19.8 Å². The van der Waals surface area contributed by atoms with Crippen molar-refractivity contribution in [2.45, 2.75) is 36.0 Å². The standard InChI is InChI=1S/2C30H26N2O2/c2*33-29(34)28(20-22-21-31-27-19-11-10-18-26(22)27)32-30(23-12-4-1-5-13-23,24-14-6-2-7-15-24)25-16-8-3-9-17-25/h2*1-19,21,28,31-32H,20H2,(H,33,34). The van der Waals surface area contributed by atoms with E-state index in [4.69, 9.17) is 0 Å². The van der Waals surface area contributed by atoms with Crippen LogP contribution in [0.1, 0.15) is 44.5 Å². The fraction of sp³-hybridized carbons (Fsp3) is 0.100. The van der Waals surface area contributed by atoms with Crippen molar-refractivity contribution in [1.82, 2.24) is 20.6 Å². The summed E-state index contributed by atoms with van der Waals surface area (Å²) in [4.78, 5) is 31.9. The number of carboxylic acid groups (broad SMARTS) is 2. The topological polar surface area (TPSA) is 130 Å². The third-order valence-electron chi connectivity index (χ3n) is 12.8. The number of nitrogens with one attached hydrogen (secondary N) is 4. The van der Waals surface area contributed by atoms with E-state index in [1.54, 1.807) is 0 Å². The summed E-state index contributed by atoms with van der Waals surface area (Å²) >= 11 is 0. The highest BCUT2D eigenvalue weighted by molar-refractivity contribution is 5.85. The van der Waals surface area contributed by atoms with Crippen LogP contribution in [0.5, 0.6) is 0 Å². The van der Waals surface area contributed by atoms with Crippen molar-refractivity contribution in [1.29, 1.82) is 0 Å². The molecule has 2 atom stereocenters. The molecule has 0 aliphatic rings. The average Bonchev–Trinajstić information content (AvgIpc) is 4.02. The minimum Gasteiger partial charge on any atom is -0.480 e. The Morgan fingerprint density at radius 3 is 0.853 bits per heavy atom. The Balaban J connectivity index is 0.000000170. The third-order valence-corrected chi connectivity index (χ3v) is 12.8. The molecule has 2 unspecified atom stereocenters. The van der Waals surface area contributed by atoms with Gasteiger partial charge in [0.1, 0.15) is 12.1 Å². The highest BCUT2D eigenvalue weighted by Gasteiger charge is 2.41. The Hall–Kier alpha value is -8.30. The molecule has 8 aromatic carbocycles. The number of aromatic nitrogens is 2. The van der Waals surface area contributed by atoms with Crippen molar-refractivity contribution in [3.63, 3.8) is 0 Å². The second kappa shape index (κ2) is 20.5. The van der Waals surface area contributed by atoms with Crippen LogP contribution in [0.3, 0.4) is 0 Å². The van der Waals surface area contributed by atoms with Gasteiger partial charge in [0.05, 0.1) is 11.1 Å². The lowest BCUT2D eigenvalue weighted by Gasteiger charge is -2.39. The van der Waals surface area contributed by atoms with E-state index in [-0.39, 0.29) is 0 Å². The Morgan fingerprint density at radius 2 is 0.603 bits per heavy atom. The number of para-hydroxylation sites is 2. The van der Waals surface area contributed by atoms with Gasteiger partial charge in [-0.1, -0.05) is 218 Å². The summed E-state index contributed by atoms with van der Waals surface area (Å²) in [7, 11) is 0. The van der Waals surface area contributed by atoms with Gasteiger partial charge < -0.3 is 20.2 Å². The van der Waals surface area contributed by atoms with Crippen LogP contribution in [-0.4, -0.2) is 44.2 Å². The molecule has 10 rings (SSSR count).